The first-order valence-electron chi connectivity index (χ1n) is 8.50. The molecule has 0 bridgehead atoms. The maximum absolute atomic E-state index is 12.4. The minimum absolute atomic E-state index is 0.120. The molecule has 2 heterocycles. The van der Waals surface area contributed by atoms with E-state index in [1.165, 1.54) is 0 Å². The molecule has 2 amide bonds. The molecule has 3 rings (SSSR count). The summed E-state index contributed by atoms with van der Waals surface area (Å²) in [6.07, 6.45) is 2.95. The Morgan fingerprint density at radius 1 is 1.19 bits per heavy atom. The van der Waals surface area contributed by atoms with Gasteiger partial charge in [-0.05, 0) is 25.1 Å². The lowest BCUT2D eigenvalue weighted by molar-refractivity contribution is -0.125. The largest absolute Gasteiger partial charge is 0.479 e. The molecule has 1 aliphatic heterocycles. The van der Waals surface area contributed by atoms with Gasteiger partial charge in [0.15, 0.2) is 6.10 Å². The van der Waals surface area contributed by atoms with E-state index in [2.05, 4.69) is 20.6 Å². The zero-order valence-electron chi connectivity index (χ0n) is 14.5. The zero-order valence-corrected chi connectivity index (χ0v) is 14.5. The molecule has 1 aromatic heterocycles. The van der Waals surface area contributed by atoms with Crippen LogP contribution in [0.15, 0.2) is 42.7 Å². The number of carbonyl (C=O) groups is 2. The summed E-state index contributed by atoms with van der Waals surface area (Å²) < 4.78 is 5.59. The molecule has 8 heteroatoms. The van der Waals surface area contributed by atoms with E-state index in [1.54, 1.807) is 30.3 Å². The molecule has 26 heavy (non-hydrogen) atoms. The summed E-state index contributed by atoms with van der Waals surface area (Å²) in [4.78, 5) is 34.1. The van der Waals surface area contributed by atoms with Gasteiger partial charge in [-0.2, -0.15) is 0 Å². The maximum atomic E-state index is 12.4. The molecule has 1 aromatic carbocycles. The minimum atomic E-state index is -0.553. The highest BCUT2D eigenvalue weighted by Crippen LogP contribution is 2.33. The SMILES string of the molecule is CC1Oc2ccccc2N(CCC(=O)NCCNc2ncccn2)C1=O. The Bertz CT molecular complexity index is 768. The van der Waals surface area contributed by atoms with Crippen LogP contribution in [0.2, 0.25) is 0 Å². The summed E-state index contributed by atoms with van der Waals surface area (Å²) in [6, 6.07) is 9.08. The van der Waals surface area contributed by atoms with Gasteiger partial charge >= 0.3 is 0 Å². The van der Waals surface area contributed by atoms with E-state index in [1.807, 2.05) is 24.3 Å². The van der Waals surface area contributed by atoms with Crippen LogP contribution >= 0.6 is 0 Å². The van der Waals surface area contributed by atoms with Crippen molar-refractivity contribution in [2.24, 2.45) is 0 Å². The summed E-state index contributed by atoms with van der Waals surface area (Å²) in [6.45, 7) is 2.99. The van der Waals surface area contributed by atoms with Crippen molar-refractivity contribution >= 4 is 23.5 Å². The first-order chi connectivity index (χ1) is 12.6. The lowest BCUT2D eigenvalue weighted by Gasteiger charge is -2.32. The number of nitrogens with zero attached hydrogens (tertiary/aromatic N) is 3. The molecule has 0 radical (unpaired) electrons. The summed E-state index contributed by atoms with van der Waals surface area (Å²) in [5, 5.41) is 5.83. The lowest BCUT2D eigenvalue weighted by atomic mass is 10.1. The van der Waals surface area contributed by atoms with Gasteiger partial charge in [0.2, 0.25) is 11.9 Å². The number of amides is 2. The number of fused-ring (bicyclic) bond motifs is 1. The third-order valence-corrected chi connectivity index (χ3v) is 3.93. The van der Waals surface area contributed by atoms with Gasteiger partial charge in [0, 0.05) is 38.4 Å². The third kappa shape index (κ3) is 4.27. The topological polar surface area (TPSA) is 96.5 Å². The van der Waals surface area contributed by atoms with Crippen molar-refractivity contribution in [1.29, 1.82) is 0 Å². The van der Waals surface area contributed by atoms with E-state index in [-0.39, 0.29) is 18.2 Å². The first-order valence-corrected chi connectivity index (χ1v) is 8.50. The Hall–Kier alpha value is -3.16. The molecule has 1 atom stereocenters. The highest BCUT2D eigenvalue weighted by Gasteiger charge is 2.31. The van der Waals surface area contributed by atoms with Crippen LogP contribution < -0.4 is 20.3 Å². The normalized spacial score (nSPS) is 15.8. The van der Waals surface area contributed by atoms with E-state index >= 15 is 0 Å². The fourth-order valence-electron chi connectivity index (χ4n) is 2.66. The van der Waals surface area contributed by atoms with Crippen molar-refractivity contribution in [3.05, 3.63) is 42.7 Å². The highest BCUT2D eigenvalue weighted by atomic mass is 16.5. The van der Waals surface area contributed by atoms with Crippen molar-refractivity contribution in [2.45, 2.75) is 19.4 Å². The summed E-state index contributed by atoms with van der Waals surface area (Å²) in [5.41, 5.74) is 0.700. The molecule has 8 nitrogen and oxygen atoms in total. The number of benzene rings is 1. The summed E-state index contributed by atoms with van der Waals surface area (Å²) >= 11 is 0. The highest BCUT2D eigenvalue weighted by molar-refractivity contribution is 6.00. The van der Waals surface area contributed by atoms with E-state index in [0.717, 1.165) is 0 Å². The number of anilines is 2. The summed E-state index contributed by atoms with van der Waals surface area (Å²) in [7, 11) is 0. The summed E-state index contributed by atoms with van der Waals surface area (Å²) in [5.74, 6) is 0.919. The number of nitrogens with one attached hydrogen (secondary N) is 2. The van der Waals surface area contributed by atoms with Crippen molar-refractivity contribution in [1.82, 2.24) is 15.3 Å². The molecule has 1 unspecified atom stereocenters. The van der Waals surface area contributed by atoms with Crippen LogP contribution in [0, 0.1) is 0 Å². The molecule has 0 fully saturated rings. The molecule has 0 saturated heterocycles. The quantitative estimate of drug-likeness (QED) is 0.725. The molecule has 2 aromatic rings. The molecule has 0 aliphatic carbocycles. The third-order valence-electron chi connectivity index (χ3n) is 3.93. The van der Waals surface area contributed by atoms with Gasteiger partial charge in [-0.25, -0.2) is 9.97 Å². The van der Waals surface area contributed by atoms with Crippen LogP contribution in [0.5, 0.6) is 5.75 Å². The number of aromatic nitrogens is 2. The molecular formula is C18H21N5O3. The van der Waals surface area contributed by atoms with Crippen molar-refractivity contribution < 1.29 is 14.3 Å². The van der Waals surface area contributed by atoms with Crippen molar-refractivity contribution in [3.8, 4) is 5.75 Å². The second-order valence-corrected chi connectivity index (χ2v) is 5.82. The number of hydrogen-bond donors (Lipinski definition) is 2. The molecule has 2 N–H and O–H groups in total. The zero-order chi connectivity index (χ0) is 18.4. The molecule has 0 spiro atoms. The van der Waals surface area contributed by atoms with E-state index < -0.39 is 6.10 Å². The standard InChI is InChI=1S/C18H21N5O3/c1-13-17(25)23(14-5-2-3-6-15(14)26-13)12-7-16(24)19-10-11-22-18-20-8-4-9-21-18/h2-6,8-9,13H,7,10-12H2,1H3,(H,19,24)(H,20,21,22). The molecule has 136 valence electrons. The van der Waals surface area contributed by atoms with E-state index in [0.29, 0.717) is 37.0 Å². The van der Waals surface area contributed by atoms with Crippen LogP contribution in [0.25, 0.3) is 0 Å². The van der Waals surface area contributed by atoms with Gasteiger partial charge in [0.1, 0.15) is 5.75 Å². The molecule has 1 aliphatic rings. The lowest BCUT2D eigenvalue weighted by Crippen LogP contribution is -2.46. The van der Waals surface area contributed by atoms with E-state index in [9.17, 15) is 9.59 Å². The van der Waals surface area contributed by atoms with Crippen LogP contribution in [-0.2, 0) is 9.59 Å². The predicted octanol–water partition coefficient (Wildman–Crippen LogP) is 1.21. The minimum Gasteiger partial charge on any atom is -0.479 e. The smallest absolute Gasteiger partial charge is 0.267 e. The van der Waals surface area contributed by atoms with Crippen LogP contribution in [0.1, 0.15) is 13.3 Å². The van der Waals surface area contributed by atoms with E-state index in [4.69, 9.17) is 4.74 Å². The average molecular weight is 355 g/mol. The number of para-hydroxylation sites is 2. The average Bonchev–Trinajstić information content (AvgIpc) is 2.66. The van der Waals surface area contributed by atoms with Crippen LogP contribution in [-0.4, -0.2) is 47.5 Å². The van der Waals surface area contributed by atoms with Gasteiger partial charge in [-0.3, -0.25) is 9.59 Å². The number of rotatable bonds is 7. The Morgan fingerprint density at radius 3 is 2.77 bits per heavy atom. The second-order valence-electron chi connectivity index (χ2n) is 5.82. The predicted molar refractivity (Wildman–Crippen MR) is 97.0 cm³/mol. The number of carbonyl (C=O) groups excluding carboxylic acids is 2. The Morgan fingerprint density at radius 2 is 1.96 bits per heavy atom. The Labute approximate surface area is 151 Å². The Balaban J connectivity index is 1.46. The van der Waals surface area contributed by atoms with Gasteiger partial charge < -0.3 is 20.3 Å². The van der Waals surface area contributed by atoms with Gasteiger partial charge in [-0.15, -0.1) is 0 Å². The van der Waals surface area contributed by atoms with Crippen molar-refractivity contribution in [2.75, 3.05) is 29.9 Å². The number of hydrogen-bond acceptors (Lipinski definition) is 6. The molecular weight excluding hydrogens is 334 g/mol. The van der Waals surface area contributed by atoms with Crippen molar-refractivity contribution in [3.63, 3.8) is 0 Å². The fourth-order valence-corrected chi connectivity index (χ4v) is 2.66. The maximum Gasteiger partial charge on any atom is 0.267 e. The first kappa shape index (κ1) is 17.7. The molecule has 0 saturated carbocycles. The van der Waals surface area contributed by atoms with Gasteiger partial charge in [0.25, 0.3) is 5.91 Å². The monoisotopic (exact) mass is 355 g/mol. The van der Waals surface area contributed by atoms with Gasteiger partial charge in [0.05, 0.1) is 5.69 Å². The van der Waals surface area contributed by atoms with Crippen LogP contribution in [0.4, 0.5) is 11.6 Å². The second kappa shape index (κ2) is 8.28. The van der Waals surface area contributed by atoms with Gasteiger partial charge in [-0.1, -0.05) is 12.1 Å². The van der Waals surface area contributed by atoms with Crippen LogP contribution in [0.3, 0.4) is 0 Å². The number of ether oxygens (including phenoxy) is 1. The Kier molecular flexibility index (Phi) is 5.62. The fraction of sp³-hybridized carbons (Fsp3) is 0.333.